The number of benzene rings is 2. The molecule has 1 aliphatic carbocycles. The summed E-state index contributed by atoms with van der Waals surface area (Å²) in [5.41, 5.74) is 5.09. The summed E-state index contributed by atoms with van der Waals surface area (Å²) < 4.78 is 0. The van der Waals surface area contributed by atoms with E-state index >= 15 is 0 Å². The van der Waals surface area contributed by atoms with Crippen LogP contribution in [0.1, 0.15) is 30.4 Å². The maximum Gasteiger partial charge on any atom is 0.0647 e. The lowest BCUT2D eigenvalue weighted by atomic mass is 9.90. The van der Waals surface area contributed by atoms with Crippen LogP contribution in [-0.4, -0.2) is 11.2 Å². The van der Waals surface area contributed by atoms with Gasteiger partial charge in [-0.2, -0.15) is 0 Å². The summed E-state index contributed by atoms with van der Waals surface area (Å²) in [4.78, 5) is 0. The number of rotatable bonds is 2. The standard InChI is InChI=1S/C16H16O/c1-2-15(17)16-13-9-5-3-7-11(13)12-8-4-6-10-14(12)16/h3-10,15-17H,2H2,1H3. The Bertz CT molecular complexity index is 499. The molecule has 0 radical (unpaired) electrons. The first-order chi connectivity index (χ1) is 8.33. The van der Waals surface area contributed by atoms with E-state index in [9.17, 15) is 5.11 Å². The van der Waals surface area contributed by atoms with Crippen LogP contribution >= 0.6 is 0 Å². The molecule has 2 aromatic carbocycles. The number of aliphatic hydroxyl groups is 1. The van der Waals surface area contributed by atoms with Crippen LogP contribution in [0.3, 0.4) is 0 Å². The fourth-order valence-electron chi connectivity index (χ4n) is 2.84. The SMILES string of the molecule is CCC(O)C1c2ccccc2-c2ccccc21. The molecule has 1 unspecified atom stereocenters. The second-order valence-electron chi connectivity index (χ2n) is 4.63. The van der Waals surface area contributed by atoms with Gasteiger partial charge in [-0.25, -0.2) is 0 Å². The van der Waals surface area contributed by atoms with Crippen molar-refractivity contribution in [2.24, 2.45) is 0 Å². The summed E-state index contributed by atoms with van der Waals surface area (Å²) in [6.07, 6.45) is 0.493. The Kier molecular flexibility index (Phi) is 2.49. The molecule has 1 atom stereocenters. The zero-order chi connectivity index (χ0) is 11.8. The molecule has 0 saturated heterocycles. The highest BCUT2D eigenvalue weighted by Gasteiger charge is 2.32. The molecule has 0 saturated carbocycles. The Balaban J connectivity index is 2.23. The van der Waals surface area contributed by atoms with Crippen LogP contribution in [0, 0.1) is 0 Å². The van der Waals surface area contributed by atoms with E-state index in [2.05, 4.69) is 48.5 Å². The number of hydrogen-bond acceptors (Lipinski definition) is 1. The van der Waals surface area contributed by atoms with E-state index in [1.165, 1.54) is 22.3 Å². The van der Waals surface area contributed by atoms with Gasteiger partial charge in [0.1, 0.15) is 0 Å². The number of aliphatic hydroxyl groups excluding tert-OH is 1. The molecule has 3 rings (SSSR count). The van der Waals surface area contributed by atoms with Crippen molar-refractivity contribution in [1.29, 1.82) is 0 Å². The molecule has 0 spiro atoms. The fraction of sp³-hybridized carbons (Fsp3) is 0.250. The van der Waals surface area contributed by atoms with E-state index in [0.29, 0.717) is 0 Å². The average molecular weight is 224 g/mol. The molecule has 1 N–H and O–H groups in total. The normalized spacial score (nSPS) is 15.4. The Morgan fingerprint density at radius 1 is 0.941 bits per heavy atom. The van der Waals surface area contributed by atoms with E-state index in [4.69, 9.17) is 0 Å². The summed E-state index contributed by atoms with van der Waals surface area (Å²) in [6.45, 7) is 2.04. The van der Waals surface area contributed by atoms with Crippen LogP contribution in [0.5, 0.6) is 0 Å². The molecule has 1 heteroatoms. The lowest BCUT2D eigenvalue weighted by Gasteiger charge is -2.19. The highest BCUT2D eigenvalue weighted by atomic mass is 16.3. The first-order valence-corrected chi connectivity index (χ1v) is 6.19. The van der Waals surface area contributed by atoms with Crippen molar-refractivity contribution in [2.75, 3.05) is 0 Å². The van der Waals surface area contributed by atoms with E-state index < -0.39 is 0 Å². The molecule has 2 aromatic rings. The molecule has 0 aromatic heterocycles. The molecule has 0 heterocycles. The quantitative estimate of drug-likeness (QED) is 0.826. The van der Waals surface area contributed by atoms with Gasteiger partial charge in [0.2, 0.25) is 0 Å². The number of hydrogen-bond donors (Lipinski definition) is 1. The molecule has 1 nitrogen and oxygen atoms in total. The zero-order valence-electron chi connectivity index (χ0n) is 9.93. The minimum Gasteiger partial charge on any atom is -0.392 e. The predicted molar refractivity (Wildman–Crippen MR) is 70.0 cm³/mol. The van der Waals surface area contributed by atoms with Gasteiger partial charge >= 0.3 is 0 Å². The lowest BCUT2D eigenvalue weighted by molar-refractivity contribution is 0.154. The van der Waals surface area contributed by atoms with Gasteiger partial charge in [-0.15, -0.1) is 0 Å². The average Bonchev–Trinajstić information content (AvgIpc) is 2.72. The smallest absolute Gasteiger partial charge is 0.0647 e. The van der Waals surface area contributed by atoms with E-state index in [1.807, 2.05) is 6.92 Å². The summed E-state index contributed by atoms with van der Waals surface area (Å²) >= 11 is 0. The third-order valence-corrected chi connectivity index (χ3v) is 3.68. The molecular weight excluding hydrogens is 208 g/mol. The Morgan fingerprint density at radius 3 is 1.88 bits per heavy atom. The van der Waals surface area contributed by atoms with Crippen LogP contribution in [0.15, 0.2) is 48.5 Å². The zero-order valence-corrected chi connectivity index (χ0v) is 9.93. The first-order valence-electron chi connectivity index (χ1n) is 6.19. The van der Waals surface area contributed by atoms with Crippen molar-refractivity contribution in [3.8, 4) is 11.1 Å². The Labute approximate surface area is 102 Å². The largest absolute Gasteiger partial charge is 0.392 e. The minimum absolute atomic E-state index is 0.146. The lowest BCUT2D eigenvalue weighted by Crippen LogP contribution is -2.16. The van der Waals surface area contributed by atoms with Gasteiger partial charge < -0.3 is 5.11 Å². The van der Waals surface area contributed by atoms with E-state index in [-0.39, 0.29) is 12.0 Å². The van der Waals surface area contributed by atoms with Gasteiger partial charge in [0.05, 0.1) is 6.10 Å². The predicted octanol–water partition coefficient (Wildman–Crippen LogP) is 3.57. The summed E-state index contributed by atoms with van der Waals surface area (Å²) in [5.74, 6) is 0.146. The first kappa shape index (κ1) is 10.5. The minimum atomic E-state index is -0.292. The van der Waals surface area contributed by atoms with Crippen molar-refractivity contribution in [3.63, 3.8) is 0 Å². The summed E-state index contributed by atoms with van der Waals surface area (Å²) in [5, 5.41) is 10.3. The van der Waals surface area contributed by atoms with Gasteiger partial charge in [-0.1, -0.05) is 55.5 Å². The molecular formula is C16H16O. The fourth-order valence-corrected chi connectivity index (χ4v) is 2.84. The Morgan fingerprint density at radius 2 is 1.41 bits per heavy atom. The topological polar surface area (TPSA) is 20.2 Å². The molecule has 86 valence electrons. The summed E-state index contributed by atoms with van der Waals surface area (Å²) in [6, 6.07) is 16.8. The van der Waals surface area contributed by atoms with Crippen molar-refractivity contribution in [3.05, 3.63) is 59.7 Å². The van der Waals surface area contributed by atoms with Gasteiger partial charge in [-0.3, -0.25) is 0 Å². The second kappa shape index (κ2) is 4.01. The highest BCUT2D eigenvalue weighted by molar-refractivity contribution is 5.78. The van der Waals surface area contributed by atoms with E-state index in [1.54, 1.807) is 0 Å². The second-order valence-corrected chi connectivity index (χ2v) is 4.63. The van der Waals surface area contributed by atoms with Crippen LogP contribution in [0.2, 0.25) is 0 Å². The molecule has 0 aliphatic heterocycles. The van der Waals surface area contributed by atoms with E-state index in [0.717, 1.165) is 6.42 Å². The van der Waals surface area contributed by atoms with Crippen molar-refractivity contribution in [1.82, 2.24) is 0 Å². The molecule has 0 amide bonds. The summed E-state index contributed by atoms with van der Waals surface area (Å²) in [7, 11) is 0. The molecule has 17 heavy (non-hydrogen) atoms. The maximum absolute atomic E-state index is 10.3. The van der Waals surface area contributed by atoms with Gasteiger partial charge in [0, 0.05) is 5.92 Å². The van der Waals surface area contributed by atoms with Crippen molar-refractivity contribution >= 4 is 0 Å². The van der Waals surface area contributed by atoms with Crippen LogP contribution in [0.25, 0.3) is 11.1 Å². The van der Waals surface area contributed by atoms with Crippen molar-refractivity contribution in [2.45, 2.75) is 25.4 Å². The monoisotopic (exact) mass is 224 g/mol. The van der Waals surface area contributed by atoms with Gasteiger partial charge in [-0.05, 0) is 28.7 Å². The van der Waals surface area contributed by atoms with Crippen LogP contribution in [-0.2, 0) is 0 Å². The number of fused-ring (bicyclic) bond motifs is 3. The molecule has 1 aliphatic rings. The van der Waals surface area contributed by atoms with Crippen LogP contribution < -0.4 is 0 Å². The highest BCUT2D eigenvalue weighted by Crippen LogP contribution is 2.46. The third kappa shape index (κ3) is 1.50. The van der Waals surface area contributed by atoms with Gasteiger partial charge in [0.25, 0.3) is 0 Å². The molecule has 0 bridgehead atoms. The van der Waals surface area contributed by atoms with Crippen LogP contribution in [0.4, 0.5) is 0 Å². The van der Waals surface area contributed by atoms with Gasteiger partial charge in [0.15, 0.2) is 0 Å². The third-order valence-electron chi connectivity index (χ3n) is 3.68. The maximum atomic E-state index is 10.3. The van der Waals surface area contributed by atoms with Crippen molar-refractivity contribution < 1.29 is 5.11 Å². The molecule has 0 fully saturated rings. The Hall–Kier alpha value is -1.60.